The largest absolute Gasteiger partial charge is 0.503 e. The summed E-state index contributed by atoms with van der Waals surface area (Å²) in [4.78, 5) is 11.9. The van der Waals surface area contributed by atoms with Gasteiger partial charge in [-0.05, 0) is 29.8 Å². The first-order chi connectivity index (χ1) is 11.6. The minimum Gasteiger partial charge on any atom is -0.503 e. The minimum atomic E-state index is -1.05. The van der Waals surface area contributed by atoms with Crippen LogP contribution in [0, 0.1) is 0 Å². The zero-order valence-corrected chi connectivity index (χ0v) is 13.1. The molecule has 5 nitrogen and oxygen atoms in total. The van der Waals surface area contributed by atoms with E-state index in [2.05, 4.69) is 0 Å². The van der Waals surface area contributed by atoms with E-state index in [0.29, 0.717) is 17.0 Å². The monoisotopic (exact) mass is 323 g/mol. The van der Waals surface area contributed by atoms with Crippen LogP contribution in [0.5, 0.6) is 11.5 Å². The first-order valence-electron chi connectivity index (χ1n) is 7.43. The maximum absolute atomic E-state index is 11.9. The van der Waals surface area contributed by atoms with Crippen LogP contribution in [-0.2, 0) is 0 Å². The van der Waals surface area contributed by atoms with E-state index in [0.717, 1.165) is 5.69 Å². The predicted octanol–water partition coefficient (Wildman–Crippen LogP) is 2.63. The van der Waals surface area contributed by atoms with Crippen molar-refractivity contribution in [2.24, 2.45) is 0 Å². The Bertz CT molecular complexity index is 903. The summed E-state index contributed by atoms with van der Waals surface area (Å²) in [7, 11) is 1.55. The summed E-state index contributed by atoms with van der Waals surface area (Å²) < 4.78 is 6.78. The normalized spacial score (nSPS) is 11.9. The second-order valence-electron chi connectivity index (χ2n) is 5.33. The molecule has 1 atom stereocenters. The Morgan fingerprint density at radius 1 is 1.04 bits per heavy atom. The number of hydrogen-bond donors (Lipinski definition) is 2. The molecule has 1 unspecified atom stereocenters. The minimum absolute atomic E-state index is 0.359. The molecule has 24 heavy (non-hydrogen) atoms. The highest BCUT2D eigenvalue weighted by molar-refractivity contribution is 5.40. The summed E-state index contributed by atoms with van der Waals surface area (Å²) in [6, 6.07) is 17.4. The SMILES string of the molecule is COc1cccc(C(O)c2cc(=O)c(O)cn2-c2ccccc2)c1. The van der Waals surface area contributed by atoms with E-state index in [9.17, 15) is 15.0 Å². The number of pyridine rings is 1. The second-order valence-corrected chi connectivity index (χ2v) is 5.33. The lowest BCUT2D eigenvalue weighted by molar-refractivity contribution is 0.211. The molecule has 122 valence electrons. The molecule has 0 aliphatic heterocycles. The van der Waals surface area contributed by atoms with Crippen molar-refractivity contribution in [3.8, 4) is 17.2 Å². The molecule has 0 saturated heterocycles. The van der Waals surface area contributed by atoms with Gasteiger partial charge in [0.2, 0.25) is 5.43 Å². The lowest BCUT2D eigenvalue weighted by atomic mass is 10.0. The van der Waals surface area contributed by atoms with Gasteiger partial charge in [0.1, 0.15) is 11.9 Å². The van der Waals surface area contributed by atoms with Crippen LogP contribution in [0.15, 0.2) is 71.7 Å². The summed E-state index contributed by atoms with van der Waals surface area (Å²) in [5.74, 6) is 0.236. The Morgan fingerprint density at radius 2 is 1.79 bits per heavy atom. The van der Waals surface area contributed by atoms with Crippen LogP contribution in [0.25, 0.3) is 5.69 Å². The molecule has 3 aromatic rings. The van der Waals surface area contributed by atoms with Gasteiger partial charge >= 0.3 is 0 Å². The summed E-state index contributed by atoms with van der Waals surface area (Å²) in [6.45, 7) is 0. The van der Waals surface area contributed by atoms with Crippen LogP contribution in [0.1, 0.15) is 17.4 Å². The van der Waals surface area contributed by atoms with Gasteiger partial charge in [-0.25, -0.2) is 0 Å². The average Bonchev–Trinajstić information content (AvgIpc) is 2.63. The fourth-order valence-electron chi connectivity index (χ4n) is 2.54. The number of aliphatic hydroxyl groups is 1. The van der Waals surface area contributed by atoms with Crippen LogP contribution in [0.4, 0.5) is 0 Å². The lowest BCUT2D eigenvalue weighted by Crippen LogP contribution is -2.15. The zero-order chi connectivity index (χ0) is 17.1. The van der Waals surface area contributed by atoms with Crippen LogP contribution < -0.4 is 10.2 Å². The molecule has 0 saturated carbocycles. The van der Waals surface area contributed by atoms with Crippen molar-refractivity contribution < 1.29 is 14.9 Å². The van der Waals surface area contributed by atoms with Crippen molar-refractivity contribution in [3.63, 3.8) is 0 Å². The second kappa shape index (κ2) is 6.60. The first kappa shape index (κ1) is 15.8. The fourth-order valence-corrected chi connectivity index (χ4v) is 2.54. The maximum Gasteiger partial charge on any atom is 0.223 e. The number of nitrogens with zero attached hydrogens (tertiary/aromatic N) is 1. The number of ether oxygens (including phenoxy) is 1. The zero-order valence-electron chi connectivity index (χ0n) is 13.1. The number of methoxy groups -OCH3 is 1. The average molecular weight is 323 g/mol. The quantitative estimate of drug-likeness (QED) is 0.774. The molecule has 2 aromatic carbocycles. The van der Waals surface area contributed by atoms with E-state index in [-0.39, 0.29) is 5.75 Å². The van der Waals surface area contributed by atoms with Gasteiger partial charge in [-0.15, -0.1) is 0 Å². The summed E-state index contributed by atoms with van der Waals surface area (Å²) >= 11 is 0. The number of aromatic nitrogens is 1. The van der Waals surface area contributed by atoms with E-state index in [1.165, 1.54) is 12.3 Å². The Labute approximate surface area is 139 Å². The molecule has 0 amide bonds. The molecular formula is C19H17NO4. The molecule has 0 radical (unpaired) electrons. The highest BCUT2D eigenvalue weighted by Gasteiger charge is 2.18. The first-order valence-corrected chi connectivity index (χ1v) is 7.43. The van der Waals surface area contributed by atoms with Crippen LogP contribution >= 0.6 is 0 Å². The summed E-state index contributed by atoms with van der Waals surface area (Å²) in [5, 5.41) is 20.6. The van der Waals surface area contributed by atoms with Crippen LogP contribution in [0.3, 0.4) is 0 Å². The molecule has 0 aliphatic rings. The van der Waals surface area contributed by atoms with Crippen LogP contribution in [0.2, 0.25) is 0 Å². The molecule has 0 spiro atoms. The molecule has 5 heteroatoms. The molecule has 3 rings (SSSR count). The maximum atomic E-state index is 11.9. The van der Waals surface area contributed by atoms with Gasteiger partial charge in [0.05, 0.1) is 19.0 Å². The number of hydrogen-bond acceptors (Lipinski definition) is 4. The number of rotatable bonds is 4. The highest BCUT2D eigenvalue weighted by Crippen LogP contribution is 2.27. The fraction of sp³-hybridized carbons (Fsp3) is 0.105. The van der Waals surface area contributed by atoms with Gasteiger partial charge in [0, 0.05) is 11.8 Å². The molecule has 0 bridgehead atoms. The van der Waals surface area contributed by atoms with Crippen molar-refractivity contribution in [2.75, 3.05) is 7.11 Å². The highest BCUT2D eigenvalue weighted by atomic mass is 16.5. The van der Waals surface area contributed by atoms with Crippen molar-refractivity contribution in [1.29, 1.82) is 0 Å². The van der Waals surface area contributed by atoms with E-state index < -0.39 is 11.5 Å². The van der Waals surface area contributed by atoms with Crippen molar-refractivity contribution in [2.45, 2.75) is 6.10 Å². The number of para-hydroxylation sites is 1. The topological polar surface area (TPSA) is 71.7 Å². The van der Waals surface area contributed by atoms with Gasteiger partial charge < -0.3 is 19.5 Å². The standard InChI is InChI=1S/C19H17NO4/c1-24-15-9-5-6-13(10-15)19(23)16-11-17(21)18(22)12-20(16)14-7-3-2-4-8-14/h2-12,19,22-23H,1H3. The van der Waals surface area contributed by atoms with Gasteiger partial charge in [-0.2, -0.15) is 0 Å². The number of benzene rings is 2. The third-order valence-electron chi connectivity index (χ3n) is 3.79. The van der Waals surface area contributed by atoms with E-state index in [1.807, 2.05) is 30.3 Å². The van der Waals surface area contributed by atoms with E-state index >= 15 is 0 Å². The van der Waals surface area contributed by atoms with E-state index in [1.54, 1.807) is 35.9 Å². The molecule has 1 heterocycles. The summed E-state index contributed by atoms with van der Waals surface area (Å²) in [5.41, 5.74) is 1.13. The van der Waals surface area contributed by atoms with E-state index in [4.69, 9.17) is 4.74 Å². The molecule has 1 aromatic heterocycles. The molecule has 0 aliphatic carbocycles. The molecule has 2 N–H and O–H groups in total. The van der Waals surface area contributed by atoms with Gasteiger partial charge in [0.25, 0.3) is 0 Å². The Morgan fingerprint density at radius 3 is 2.50 bits per heavy atom. The summed E-state index contributed by atoms with van der Waals surface area (Å²) in [6.07, 6.45) is 0.268. The Hall–Kier alpha value is -3.05. The third kappa shape index (κ3) is 3.02. The third-order valence-corrected chi connectivity index (χ3v) is 3.79. The Balaban J connectivity index is 2.15. The van der Waals surface area contributed by atoms with Crippen LogP contribution in [-0.4, -0.2) is 21.9 Å². The van der Waals surface area contributed by atoms with Crippen molar-refractivity contribution >= 4 is 0 Å². The van der Waals surface area contributed by atoms with Gasteiger partial charge in [-0.3, -0.25) is 4.79 Å². The van der Waals surface area contributed by atoms with Gasteiger partial charge in [0.15, 0.2) is 5.75 Å². The van der Waals surface area contributed by atoms with Gasteiger partial charge in [-0.1, -0.05) is 30.3 Å². The molecular weight excluding hydrogens is 306 g/mol. The lowest BCUT2D eigenvalue weighted by Gasteiger charge is -2.19. The molecule has 0 fully saturated rings. The van der Waals surface area contributed by atoms with Crippen molar-refractivity contribution in [3.05, 3.63) is 88.3 Å². The number of aromatic hydroxyl groups is 1. The van der Waals surface area contributed by atoms with Crippen molar-refractivity contribution in [1.82, 2.24) is 4.57 Å². The predicted molar refractivity (Wildman–Crippen MR) is 90.8 cm³/mol. The Kier molecular flexibility index (Phi) is 4.35. The number of aliphatic hydroxyl groups excluding tert-OH is 1. The smallest absolute Gasteiger partial charge is 0.223 e.